The Hall–Kier alpha value is -3.60. The van der Waals surface area contributed by atoms with E-state index in [9.17, 15) is 9.59 Å². The fourth-order valence-electron chi connectivity index (χ4n) is 4.12. The molecule has 2 N–H and O–H groups in total. The van der Waals surface area contributed by atoms with Crippen LogP contribution in [0.3, 0.4) is 0 Å². The molecule has 170 valence electrons. The summed E-state index contributed by atoms with van der Waals surface area (Å²) in [5.41, 5.74) is 2.90. The lowest BCUT2D eigenvalue weighted by Crippen LogP contribution is -2.36. The minimum Gasteiger partial charge on any atom is -0.492 e. The lowest BCUT2D eigenvalue weighted by molar-refractivity contribution is 0.0927. The second-order valence-electron chi connectivity index (χ2n) is 8.42. The monoisotopic (exact) mass is 442 g/mol. The molecule has 1 fully saturated rings. The maximum Gasteiger partial charge on any atom is 0.259 e. The van der Waals surface area contributed by atoms with Crippen molar-refractivity contribution < 1.29 is 14.3 Å². The molecular weight excluding hydrogens is 412 g/mol. The fourth-order valence-corrected chi connectivity index (χ4v) is 4.12. The van der Waals surface area contributed by atoms with Gasteiger partial charge in [-0.05, 0) is 54.8 Å². The third kappa shape index (κ3) is 6.45. The average Bonchev–Trinajstić information content (AvgIpc) is 2.86. The number of hydrogen-bond donors (Lipinski definition) is 2. The van der Waals surface area contributed by atoms with Crippen LogP contribution in [0, 0.1) is 0 Å². The molecule has 1 aliphatic carbocycles. The number of ether oxygens (including phenoxy) is 1. The first-order valence-electron chi connectivity index (χ1n) is 11.7. The fraction of sp³-hybridized carbons (Fsp3) is 0.286. The third-order valence-electron chi connectivity index (χ3n) is 5.97. The summed E-state index contributed by atoms with van der Waals surface area (Å²) in [5, 5.41) is 6.02. The van der Waals surface area contributed by atoms with E-state index in [-0.39, 0.29) is 17.9 Å². The van der Waals surface area contributed by atoms with E-state index in [1.807, 2.05) is 30.3 Å². The zero-order valence-corrected chi connectivity index (χ0v) is 18.8. The Morgan fingerprint density at radius 2 is 1.48 bits per heavy atom. The van der Waals surface area contributed by atoms with Crippen molar-refractivity contribution in [3.63, 3.8) is 0 Å². The van der Waals surface area contributed by atoms with Crippen molar-refractivity contribution in [1.82, 2.24) is 5.32 Å². The molecule has 0 aliphatic heterocycles. The molecule has 4 rings (SSSR count). The Bertz CT molecular complexity index is 1060. The summed E-state index contributed by atoms with van der Waals surface area (Å²) >= 11 is 0. The number of benzene rings is 3. The Morgan fingerprint density at radius 1 is 0.788 bits per heavy atom. The van der Waals surface area contributed by atoms with Gasteiger partial charge in [-0.15, -0.1) is 0 Å². The van der Waals surface area contributed by atoms with Gasteiger partial charge in [-0.3, -0.25) is 9.59 Å². The molecule has 5 heteroatoms. The second-order valence-corrected chi connectivity index (χ2v) is 8.42. The quantitative estimate of drug-likeness (QED) is 0.476. The van der Waals surface area contributed by atoms with Crippen molar-refractivity contribution >= 4 is 17.5 Å². The summed E-state index contributed by atoms with van der Waals surface area (Å²) in [4.78, 5) is 25.4. The van der Waals surface area contributed by atoms with Gasteiger partial charge in [-0.2, -0.15) is 0 Å². The first kappa shape index (κ1) is 22.6. The molecule has 1 saturated carbocycles. The van der Waals surface area contributed by atoms with E-state index < -0.39 is 0 Å². The number of carbonyl (C=O) groups is 2. The van der Waals surface area contributed by atoms with Crippen LogP contribution in [0.2, 0.25) is 0 Å². The molecule has 1 aliphatic rings. The normalized spacial score (nSPS) is 13.8. The summed E-state index contributed by atoms with van der Waals surface area (Å²) in [6.07, 6.45) is 6.46. The predicted octanol–water partition coefficient (Wildman–Crippen LogP) is 5.62. The molecular formula is C28H30N2O3. The Kier molecular flexibility index (Phi) is 7.75. The van der Waals surface area contributed by atoms with E-state index in [2.05, 4.69) is 22.8 Å². The highest BCUT2D eigenvalue weighted by Gasteiger charge is 2.17. The number of para-hydroxylation sites is 1. The van der Waals surface area contributed by atoms with Crippen LogP contribution >= 0.6 is 0 Å². The number of hydrogen-bond acceptors (Lipinski definition) is 3. The first-order valence-corrected chi connectivity index (χ1v) is 11.7. The van der Waals surface area contributed by atoms with Crippen molar-refractivity contribution in [2.45, 2.75) is 44.6 Å². The summed E-state index contributed by atoms with van der Waals surface area (Å²) < 4.78 is 5.91. The van der Waals surface area contributed by atoms with Gasteiger partial charge in [0.25, 0.3) is 11.8 Å². The maximum absolute atomic E-state index is 12.9. The van der Waals surface area contributed by atoms with E-state index in [1.54, 1.807) is 36.4 Å². The Balaban J connectivity index is 1.33. The van der Waals surface area contributed by atoms with E-state index >= 15 is 0 Å². The van der Waals surface area contributed by atoms with Crippen LogP contribution in [0.25, 0.3) is 0 Å². The van der Waals surface area contributed by atoms with Crippen molar-refractivity contribution in [3.05, 3.63) is 95.6 Å². The summed E-state index contributed by atoms with van der Waals surface area (Å²) in [7, 11) is 0. The number of nitrogens with one attached hydrogen (secondary N) is 2. The Labute approximate surface area is 195 Å². The van der Waals surface area contributed by atoms with Gasteiger partial charge >= 0.3 is 0 Å². The molecule has 3 aromatic carbocycles. The molecule has 0 aromatic heterocycles. The lowest BCUT2D eigenvalue weighted by Gasteiger charge is -2.22. The minimum absolute atomic E-state index is 0.0584. The van der Waals surface area contributed by atoms with Gasteiger partial charge in [0.15, 0.2) is 0 Å². The van der Waals surface area contributed by atoms with Gasteiger partial charge in [-0.25, -0.2) is 0 Å². The van der Waals surface area contributed by atoms with Crippen LogP contribution in [-0.4, -0.2) is 24.5 Å². The minimum atomic E-state index is -0.246. The predicted molar refractivity (Wildman–Crippen MR) is 131 cm³/mol. The molecule has 0 spiro atoms. The van der Waals surface area contributed by atoms with Gasteiger partial charge in [0.05, 0.1) is 12.2 Å². The van der Waals surface area contributed by atoms with Crippen molar-refractivity contribution in [1.29, 1.82) is 0 Å². The van der Waals surface area contributed by atoms with Gasteiger partial charge in [0, 0.05) is 23.7 Å². The second kappa shape index (κ2) is 11.3. The molecule has 3 aromatic rings. The largest absolute Gasteiger partial charge is 0.492 e. The standard InChI is InChI=1S/C28H30N2O3/c31-27(29-23-11-5-2-6-12-23)22-15-17-24(18-16-22)30-28(32)25-13-7-8-14-26(25)33-20-19-21-9-3-1-4-10-21/h1,3-4,7-10,13-18,23H,2,5-6,11-12,19-20H2,(H,29,31)(H,30,32). The number of rotatable bonds is 8. The van der Waals surface area contributed by atoms with E-state index in [0.717, 1.165) is 19.3 Å². The summed E-state index contributed by atoms with van der Waals surface area (Å²) in [6.45, 7) is 0.485. The molecule has 0 saturated heterocycles. The van der Waals surface area contributed by atoms with Crippen molar-refractivity contribution in [2.24, 2.45) is 0 Å². The van der Waals surface area contributed by atoms with Crippen molar-refractivity contribution in [2.75, 3.05) is 11.9 Å². The number of anilines is 1. The van der Waals surface area contributed by atoms with Gasteiger partial charge in [0.2, 0.25) is 0 Å². The smallest absolute Gasteiger partial charge is 0.259 e. The van der Waals surface area contributed by atoms with E-state index in [1.165, 1.54) is 24.8 Å². The molecule has 0 bridgehead atoms. The average molecular weight is 443 g/mol. The van der Waals surface area contributed by atoms with Crippen LogP contribution < -0.4 is 15.4 Å². The topological polar surface area (TPSA) is 67.4 Å². The molecule has 33 heavy (non-hydrogen) atoms. The van der Waals surface area contributed by atoms with Crippen LogP contribution in [-0.2, 0) is 6.42 Å². The molecule has 0 unspecified atom stereocenters. The van der Waals surface area contributed by atoms with Crippen LogP contribution in [0.1, 0.15) is 58.4 Å². The number of amides is 2. The Morgan fingerprint density at radius 3 is 2.24 bits per heavy atom. The van der Waals surface area contributed by atoms with Crippen molar-refractivity contribution in [3.8, 4) is 5.75 Å². The van der Waals surface area contributed by atoms with Crippen LogP contribution in [0.4, 0.5) is 5.69 Å². The molecule has 0 atom stereocenters. The highest BCUT2D eigenvalue weighted by molar-refractivity contribution is 6.06. The van der Waals surface area contributed by atoms with Gasteiger partial charge < -0.3 is 15.4 Å². The summed E-state index contributed by atoms with van der Waals surface area (Å²) in [6, 6.07) is 24.6. The summed E-state index contributed by atoms with van der Waals surface area (Å²) in [5.74, 6) is 0.246. The molecule has 0 heterocycles. The molecule has 0 radical (unpaired) electrons. The maximum atomic E-state index is 12.9. The molecule has 5 nitrogen and oxygen atoms in total. The first-order chi connectivity index (χ1) is 16.2. The zero-order valence-electron chi connectivity index (χ0n) is 18.8. The molecule has 2 amide bonds. The SMILES string of the molecule is O=C(NC1CCCCC1)c1ccc(NC(=O)c2ccccc2OCCc2ccccc2)cc1. The number of carbonyl (C=O) groups excluding carboxylic acids is 2. The van der Waals surface area contributed by atoms with E-state index in [0.29, 0.717) is 29.2 Å². The van der Waals surface area contributed by atoms with E-state index in [4.69, 9.17) is 4.74 Å². The van der Waals surface area contributed by atoms with Crippen LogP contribution in [0.15, 0.2) is 78.9 Å². The highest BCUT2D eigenvalue weighted by atomic mass is 16.5. The lowest BCUT2D eigenvalue weighted by atomic mass is 9.95. The highest BCUT2D eigenvalue weighted by Crippen LogP contribution is 2.21. The van der Waals surface area contributed by atoms with Crippen LogP contribution in [0.5, 0.6) is 5.75 Å². The van der Waals surface area contributed by atoms with Gasteiger partial charge in [0.1, 0.15) is 5.75 Å². The van der Waals surface area contributed by atoms with Gasteiger partial charge in [-0.1, -0.05) is 61.7 Å². The third-order valence-corrected chi connectivity index (χ3v) is 5.97. The zero-order chi connectivity index (χ0) is 22.9.